The number of para-hydroxylation sites is 1. The van der Waals surface area contributed by atoms with Crippen LogP contribution in [0.1, 0.15) is 42.6 Å². The number of amides is 3. The van der Waals surface area contributed by atoms with E-state index in [1.54, 1.807) is 12.1 Å². The number of imide groups is 1. The van der Waals surface area contributed by atoms with Gasteiger partial charge in [0, 0.05) is 19.3 Å². The van der Waals surface area contributed by atoms with E-state index in [4.69, 9.17) is 16.2 Å². The first-order valence-electron chi connectivity index (χ1n) is 12.5. The van der Waals surface area contributed by atoms with E-state index in [1.807, 2.05) is 19.9 Å². The summed E-state index contributed by atoms with van der Waals surface area (Å²) in [6.07, 6.45) is 0.847. The highest BCUT2D eigenvalue weighted by molar-refractivity contribution is 6.02. The number of rotatable bonds is 4. The second kappa shape index (κ2) is 7.80. The predicted octanol–water partition coefficient (Wildman–Crippen LogP) is -4.60. The molecule has 6 rings (SSSR count). The van der Waals surface area contributed by atoms with Crippen molar-refractivity contribution in [3.05, 3.63) is 29.3 Å². The summed E-state index contributed by atoms with van der Waals surface area (Å²) in [6.45, 7) is 3.63. The first-order chi connectivity index (χ1) is 17.8. The molecule has 2 unspecified atom stereocenters. The van der Waals surface area contributed by atoms with Crippen molar-refractivity contribution < 1.29 is 34.3 Å². The molecular formula is C24H31N8O6+. The molecule has 1 aromatic carbocycles. The molecule has 9 N–H and O–H groups in total. The average Bonchev–Trinajstić information content (AvgIpc) is 3.52. The predicted molar refractivity (Wildman–Crippen MR) is 131 cm³/mol. The van der Waals surface area contributed by atoms with E-state index in [1.165, 1.54) is 4.90 Å². The number of fused-ring (bicyclic) bond motifs is 1. The number of nitrogens with two attached hydrogens (primary N) is 2. The molecule has 5 heterocycles. The number of hydrogen-bond donors (Lipinski definition) is 7. The first kappa shape index (κ1) is 24.4. The fourth-order valence-corrected chi connectivity index (χ4v) is 6.36. The Hall–Kier alpha value is -3.91. The molecule has 0 radical (unpaired) electrons. The molecule has 1 aromatic rings. The molecular weight excluding hydrogens is 496 g/mol. The lowest BCUT2D eigenvalue weighted by Crippen LogP contribution is -2.90. The molecule has 4 atom stereocenters. The summed E-state index contributed by atoms with van der Waals surface area (Å²) in [7, 11) is 0. The number of carbonyl (C=O) groups excluding carboxylic acids is 3. The van der Waals surface area contributed by atoms with Crippen LogP contribution in [0.15, 0.2) is 23.2 Å². The first-order valence-corrected chi connectivity index (χ1v) is 12.5. The van der Waals surface area contributed by atoms with Crippen molar-refractivity contribution in [2.45, 2.75) is 68.3 Å². The van der Waals surface area contributed by atoms with E-state index in [2.05, 4.69) is 20.6 Å². The van der Waals surface area contributed by atoms with Crippen LogP contribution in [-0.4, -0.2) is 97.9 Å². The van der Waals surface area contributed by atoms with Gasteiger partial charge in [-0.3, -0.25) is 34.9 Å². The van der Waals surface area contributed by atoms with E-state index in [0.717, 1.165) is 10.5 Å². The molecule has 1 spiro atoms. The fourth-order valence-electron chi connectivity index (χ4n) is 6.36. The molecule has 0 saturated carbocycles. The summed E-state index contributed by atoms with van der Waals surface area (Å²) in [5.74, 6) is -3.39. The Labute approximate surface area is 217 Å². The lowest BCUT2D eigenvalue weighted by Gasteiger charge is -2.46. The smallest absolute Gasteiger partial charge is 0.343 e. The lowest BCUT2D eigenvalue weighted by molar-refractivity contribution is -0.521. The van der Waals surface area contributed by atoms with Crippen LogP contribution in [0.3, 0.4) is 0 Å². The van der Waals surface area contributed by atoms with Crippen LogP contribution < -0.4 is 31.8 Å². The normalized spacial score (nSPS) is 32.2. The van der Waals surface area contributed by atoms with Gasteiger partial charge < -0.3 is 26.0 Å². The van der Waals surface area contributed by atoms with Gasteiger partial charge in [0.15, 0.2) is 12.0 Å². The van der Waals surface area contributed by atoms with Crippen LogP contribution in [0.25, 0.3) is 0 Å². The van der Waals surface area contributed by atoms with E-state index >= 15 is 0 Å². The number of hydrogen-bond acceptors (Lipinski definition) is 11. The summed E-state index contributed by atoms with van der Waals surface area (Å²) in [5, 5.41) is 28.9. The zero-order chi connectivity index (χ0) is 27.2. The van der Waals surface area contributed by atoms with E-state index < -0.39 is 41.1 Å². The van der Waals surface area contributed by atoms with Gasteiger partial charge >= 0.3 is 5.96 Å². The van der Waals surface area contributed by atoms with E-state index in [0.29, 0.717) is 12.2 Å². The third kappa shape index (κ3) is 3.29. The fraction of sp³-hybridized carbons (Fsp3) is 0.542. The van der Waals surface area contributed by atoms with Crippen LogP contribution in [0.4, 0.5) is 0 Å². The van der Waals surface area contributed by atoms with Gasteiger partial charge in [0.1, 0.15) is 23.4 Å². The quantitative estimate of drug-likeness (QED) is 0.147. The number of nitrogens with one attached hydrogen (secondary N) is 3. The average molecular weight is 528 g/mol. The van der Waals surface area contributed by atoms with Crippen LogP contribution >= 0.6 is 0 Å². The maximum absolute atomic E-state index is 13.4. The van der Waals surface area contributed by atoms with Crippen LogP contribution in [0.2, 0.25) is 0 Å². The minimum atomic E-state index is -2.61. The number of ether oxygens (including phenoxy) is 1. The molecule has 0 aliphatic carbocycles. The molecule has 0 bridgehead atoms. The minimum Gasteiger partial charge on any atom is -0.486 e. The monoisotopic (exact) mass is 527 g/mol. The Balaban J connectivity index is 1.31. The SMILES string of the molecule is CC1(C)Cc2cccc(C(=O)NC3CN4C(N)=N[C@@H](CN5C(=O)CCC5=O)[C@@H]5[NH+]=C(N)NC54C3(O)O)c2O1. The Morgan fingerprint density at radius 1 is 1.26 bits per heavy atom. The molecule has 2 fully saturated rings. The minimum absolute atomic E-state index is 0.0323. The highest BCUT2D eigenvalue weighted by Crippen LogP contribution is 2.42. The number of benzene rings is 1. The molecule has 5 aliphatic heterocycles. The molecule has 38 heavy (non-hydrogen) atoms. The topological polar surface area (TPSA) is 210 Å². The Bertz CT molecular complexity index is 1310. The van der Waals surface area contributed by atoms with Crippen molar-refractivity contribution >= 4 is 29.6 Å². The third-order valence-electron chi connectivity index (χ3n) is 8.05. The summed E-state index contributed by atoms with van der Waals surface area (Å²) < 4.78 is 6.01. The highest BCUT2D eigenvalue weighted by atomic mass is 16.5. The van der Waals surface area contributed by atoms with Gasteiger partial charge in [0.05, 0.1) is 18.7 Å². The number of aliphatic imine (C=N–C) groups is 1. The molecule has 202 valence electrons. The lowest BCUT2D eigenvalue weighted by atomic mass is 9.84. The molecule has 2 saturated heterocycles. The van der Waals surface area contributed by atoms with E-state index in [9.17, 15) is 24.6 Å². The second-order valence-corrected chi connectivity index (χ2v) is 11.1. The van der Waals surface area contributed by atoms with Gasteiger partial charge in [-0.1, -0.05) is 12.1 Å². The van der Waals surface area contributed by atoms with Gasteiger partial charge in [-0.25, -0.2) is 10.3 Å². The van der Waals surface area contributed by atoms with Crippen molar-refractivity contribution in [1.29, 1.82) is 0 Å². The molecule has 14 heteroatoms. The number of nitrogens with zero attached hydrogens (tertiary/aromatic N) is 3. The van der Waals surface area contributed by atoms with Crippen molar-refractivity contribution in [2.75, 3.05) is 13.1 Å². The maximum atomic E-state index is 13.4. The van der Waals surface area contributed by atoms with Crippen molar-refractivity contribution in [3.63, 3.8) is 0 Å². The second-order valence-electron chi connectivity index (χ2n) is 11.1. The number of aliphatic hydroxyl groups is 2. The van der Waals surface area contributed by atoms with Gasteiger partial charge in [-0.2, -0.15) is 0 Å². The van der Waals surface area contributed by atoms with Crippen molar-refractivity contribution in [1.82, 2.24) is 20.4 Å². The van der Waals surface area contributed by atoms with E-state index in [-0.39, 0.29) is 55.2 Å². The highest BCUT2D eigenvalue weighted by Gasteiger charge is 2.76. The largest absolute Gasteiger partial charge is 0.486 e. The standard InChI is InChI=1S/C24H30N8O6/c1-22(2)8-11-4-3-5-12(17(11)38-22)19(35)28-14-10-32-21(26)27-13(9-31-15(33)6-7-16(31)34)18-23(32,24(14,36)37)30-20(25)29-18/h3-5,13-14,18,36-37H,6-10H2,1-2H3,(H2,26,27)(H,28,35)(H3,25,29,30)/p+1/t13-,14?,18-,23?/m0/s1. The number of carbonyl (C=O) groups is 3. The molecule has 5 aliphatic rings. The van der Waals surface area contributed by atoms with Crippen LogP contribution in [0.5, 0.6) is 5.75 Å². The van der Waals surface area contributed by atoms with Gasteiger partial charge in [-0.05, 0) is 25.5 Å². The summed E-state index contributed by atoms with van der Waals surface area (Å²) in [5.41, 5.74) is 11.3. The Morgan fingerprint density at radius 2 is 1.97 bits per heavy atom. The summed E-state index contributed by atoms with van der Waals surface area (Å²) >= 11 is 0. The van der Waals surface area contributed by atoms with Crippen molar-refractivity contribution in [2.24, 2.45) is 16.5 Å². The molecule has 0 aromatic heterocycles. The van der Waals surface area contributed by atoms with Crippen LogP contribution in [-0.2, 0) is 16.0 Å². The molecule has 3 amide bonds. The van der Waals surface area contributed by atoms with Crippen molar-refractivity contribution in [3.8, 4) is 5.75 Å². The van der Waals surface area contributed by atoms with Gasteiger partial charge in [0.25, 0.3) is 11.6 Å². The summed E-state index contributed by atoms with van der Waals surface area (Å²) in [4.78, 5) is 48.0. The zero-order valence-electron chi connectivity index (χ0n) is 21.0. The maximum Gasteiger partial charge on any atom is 0.343 e. The van der Waals surface area contributed by atoms with Crippen LogP contribution in [0, 0.1) is 0 Å². The van der Waals surface area contributed by atoms with Gasteiger partial charge in [0.2, 0.25) is 17.6 Å². The zero-order valence-corrected chi connectivity index (χ0v) is 21.0. The number of likely N-dealkylation sites (tertiary alicyclic amines) is 1. The Kier molecular flexibility index (Phi) is 5.01. The third-order valence-corrected chi connectivity index (χ3v) is 8.05. The Morgan fingerprint density at radius 3 is 2.68 bits per heavy atom. The van der Waals surface area contributed by atoms with Gasteiger partial charge in [-0.15, -0.1) is 0 Å². The summed E-state index contributed by atoms with van der Waals surface area (Å²) in [6, 6.07) is 2.29. The molecule has 14 nitrogen and oxygen atoms in total. The number of guanidine groups is 2.